The van der Waals surface area contributed by atoms with E-state index in [1.165, 1.54) is 6.42 Å². The molecule has 0 aliphatic rings. The lowest BCUT2D eigenvalue weighted by Gasteiger charge is -2.03. The molecule has 1 aromatic carbocycles. The van der Waals surface area contributed by atoms with Crippen LogP contribution in [0.15, 0.2) is 18.2 Å². The molecule has 2 aromatic rings. The molecule has 0 bridgehead atoms. The highest BCUT2D eigenvalue weighted by atomic mass is 32.1. The van der Waals surface area contributed by atoms with Crippen LogP contribution < -0.4 is 10.1 Å². The average Bonchev–Trinajstić information content (AvgIpc) is 2.88. The number of ether oxygens (including phenoxy) is 2. The largest absolute Gasteiger partial charge is 0.494 e. The molecule has 2 rings (SSSR count). The van der Waals surface area contributed by atoms with Crippen molar-refractivity contribution in [2.24, 2.45) is 0 Å². The Morgan fingerprint density at radius 3 is 2.86 bits per heavy atom. The van der Waals surface area contributed by atoms with Crippen molar-refractivity contribution >= 4 is 26.7 Å². The highest BCUT2D eigenvalue weighted by Crippen LogP contribution is 2.29. The van der Waals surface area contributed by atoms with Gasteiger partial charge in [-0.1, -0.05) is 24.7 Å². The van der Waals surface area contributed by atoms with Crippen LogP contribution in [0, 0.1) is 0 Å². The summed E-state index contributed by atoms with van der Waals surface area (Å²) in [6.45, 7) is 7.43. The Balaban J connectivity index is 1.77. The number of nitrogens with one attached hydrogen (secondary N) is 1. The van der Waals surface area contributed by atoms with Gasteiger partial charge in [0.25, 0.3) is 0 Å². The second kappa shape index (κ2) is 8.85. The maximum Gasteiger partial charge on any atom is 0.183 e. The minimum Gasteiger partial charge on any atom is -0.494 e. The third kappa shape index (κ3) is 5.17. The lowest BCUT2D eigenvalue weighted by atomic mass is 10.3. The van der Waals surface area contributed by atoms with Crippen LogP contribution >= 0.6 is 11.3 Å². The number of hydrogen-bond donors (Lipinski definition) is 1. The maximum atomic E-state index is 5.54. The van der Waals surface area contributed by atoms with Gasteiger partial charge < -0.3 is 14.8 Å². The van der Waals surface area contributed by atoms with Gasteiger partial charge in [-0.3, -0.25) is 0 Å². The Morgan fingerprint density at radius 1 is 1.19 bits per heavy atom. The summed E-state index contributed by atoms with van der Waals surface area (Å²) in [5.74, 6) is 0.907. The van der Waals surface area contributed by atoms with Gasteiger partial charge in [0.2, 0.25) is 0 Å². The van der Waals surface area contributed by atoms with Gasteiger partial charge in [0.15, 0.2) is 5.13 Å². The number of benzene rings is 1. The summed E-state index contributed by atoms with van der Waals surface area (Å²) in [6, 6.07) is 6.03. The molecular formula is C16H24N2O2S. The molecule has 0 saturated carbocycles. The van der Waals surface area contributed by atoms with Crippen LogP contribution in [0.5, 0.6) is 5.75 Å². The normalized spacial score (nSPS) is 11.0. The van der Waals surface area contributed by atoms with Crippen molar-refractivity contribution in [3.05, 3.63) is 18.2 Å². The lowest BCUT2D eigenvalue weighted by Crippen LogP contribution is -2.05. The topological polar surface area (TPSA) is 43.4 Å². The monoisotopic (exact) mass is 308 g/mol. The first-order valence-electron chi connectivity index (χ1n) is 7.68. The maximum absolute atomic E-state index is 5.54. The van der Waals surface area contributed by atoms with Crippen molar-refractivity contribution < 1.29 is 9.47 Å². The number of rotatable bonds is 10. The van der Waals surface area contributed by atoms with E-state index in [1.807, 2.05) is 19.1 Å². The number of hydrogen-bond acceptors (Lipinski definition) is 5. The molecule has 0 saturated heterocycles. The van der Waals surface area contributed by atoms with Crippen molar-refractivity contribution in [1.82, 2.24) is 4.98 Å². The quantitative estimate of drug-likeness (QED) is 0.664. The van der Waals surface area contributed by atoms with Gasteiger partial charge in [0, 0.05) is 19.8 Å². The minimum atomic E-state index is 0.688. The van der Waals surface area contributed by atoms with Crippen molar-refractivity contribution in [3.63, 3.8) is 0 Å². The summed E-state index contributed by atoms with van der Waals surface area (Å²) >= 11 is 1.67. The molecule has 4 nitrogen and oxygen atoms in total. The Morgan fingerprint density at radius 2 is 2.05 bits per heavy atom. The van der Waals surface area contributed by atoms with Gasteiger partial charge in [0.05, 0.1) is 16.8 Å². The van der Waals surface area contributed by atoms with Crippen molar-refractivity contribution in [2.75, 3.05) is 31.7 Å². The number of thiazole rings is 1. The number of unbranched alkanes of at least 4 members (excludes halogenated alkanes) is 1. The molecule has 0 aliphatic carbocycles. The second-order valence-electron chi connectivity index (χ2n) is 4.83. The van der Waals surface area contributed by atoms with E-state index < -0.39 is 0 Å². The Bertz CT molecular complexity index is 542. The van der Waals surface area contributed by atoms with Crippen LogP contribution in [-0.2, 0) is 4.74 Å². The third-order valence-electron chi connectivity index (χ3n) is 3.05. The van der Waals surface area contributed by atoms with Crippen LogP contribution in [0.4, 0.5) is 5.13 Å². The molecule has 1 aromatic heterocycles. The molecule has 0 radical (unpaired) electrons. The fraction of sp³-hybridized carbons (Fsp3) is 0.562. The summed E-state index contributed by atoms with van der Waals surface area (Å²) in [5, 5.41) is 4.33. The van der Waals surface area contributed by atoms with E-state index in [2.05, 4.69) is 23.3 Å². The summed E-state index contributed by atoms with van der Waals surface area (Å²) in [7, 11) is 0. The molecule has 0 fully saturated rings. The summed E-state index contributed by atoms with van der Waals surface area (Å²) in [4.78, 5) is 4.57. The zero-order valence-corrected chi connectivity index (χ0v) is 13.7. The fourth-order valence-electron chi connectivity index (χ4n) is 1.96. The third-order valence-corrected chi connectivity index (χ3v) is 4.03. The van der Waals surface area contributed by atoms with Gasteiger partial charge in [0.1, 0.15) is 5.75 Å². The average molecular weight is 308 g/mol. The minimum absolute atomic E-state index is 0.688. The first-order chi connectivity index (χ1) is 10.3. The molecule has 1 N–H and O–H groups in total. The zero-order valence-electron chi connectivity index (χ0n) is 12.9. The number of aromatic nitrogens is 1. The Kier molecular flexibility index (Phi) is 6.76. The highest BCUT2D eigenvalue weighted by molar-refractivity contribution is 7.22. The molecule has 0 spiro atoms. The Hall–Kier alpha value is -1.33. The first-order valence-corrected chi connectivity index (χ1v) is 8.50. The lowest BCUT2D eigenvalue weighted by molar-refractivity contribution is 0.131. The zero-order chi connectivity index (χ0) is 14.9. The summed E-state index contributed by atoms with van der Waals surface area (Å²) in [6.07, 6.45) is 3.34. The van der Waals surface area contributed by atoms with Crippen LogP contribution in [0.3, 0.4) is 0 Å². The van der Waals surface area contributed by atoms with Gasteiger partial charge >= 0.3 is 0 Å². The second-order valence-corrected chi connectivity index (χ2v) is 5.86. The number of anilines is 1. The van der Waals surface area contributed by atoms with Crippen LogP contribution in [0.25, 0.3) is 10.2 Å². The van der Waals surface area contributed by atoms with E-state index in [0.717, 1.165) is 53.7 Å². The van der Waals surface area contributed by atoms with Crippen LogP contribution in [0.2, 0.25) is 0 Å². The molecule has 0 atom stereocenters. The molecule has 0 unspecified atom stereocenters. The van der Waals surface area contributed by atoms with Gasteiger partial charge in [-0.15, -0.1) is 0 Å². The van der Waals surface area contributed by atoms with Crippen molar-refractivity contribution in [2.45, 2.75) is 33.1 Å². The smallest absolute Gasteiger partial charge is 0.183 e. The fourth-order valence-corrected chi connectivity index (χ4v) is 2.87. The molecule has 116 valence electrons. The standard InChI is InChI=1S/C16H24N2O2S/c1-3-5-10-19-11-6-9-17-16-18-14-8-7-13(20-4-2)12-15(14)21-16/h7-8,12H,3-6,9-11H2,1-2H3,(H,17,18). The number of fused-ring (bicyclic) bond motifs is 1. The van der Waals surface area contributed by atoms with Gasteiger partial charge in [-0.05, 0) is 38.0 Å². The van der Waals surface area contributed by atoms with E-state index in [9.17, 15) is 0 Å². The van der Waals surface area contributed by atoms with Crippen molar-refractivity contribution in [3.8, 4) is 5.75 Å². The van der Waals surface area contributed by atoms with Crippen molar-refractivity contribution in [1.29, 1.82) is 0 Å². The molecule has 21 heavy (non-hydrogen) atoms. The van der Waals surface area contributed by atoms with E-state index in [4.69, 9.17) is 9.47 Å². The van der Waals surface area contributed by atoms with E-state index in [-0.39, 0.29) is 0 Å². The predicted molar refractivity (Wildman–Crippen MR) is 89.6 cm³/mol. The van der Waals surface area contributed by atoms with E-state index in [0.29, 0.717) is 6.61 Å². The SMILES string of the molecule is CCCCOCCCNc1nc2ccc(OCC)cc2s1. The van der Waals surface area contributed by atoms with Gasteiger partial charge in [-0.25, -0.2) is 4.98 Å². The van der Waals surface area contributed by atoms with Crippen LogP contribution in [0.1, 0.15) is 33.1 Å². The molecule has 1 heterocycles. The van der Waals surface area contributed by atoms with Gasteiger partial charge in [-0.2, -0.15) is 0 Å². The molecular weight excluding hydrogens is 284 g/mol. The highest BCUT2D eigenvalue weighted by Gasteiger charge is 2.04. The molecule has 5 heteroatoms. The molecule has 0 amide bonds. The predicted octanol–water partition coefficient (Wildman–Crippen LogP) is 4.31. The summed E-state index contributed by atoms with van der Waals surface area (Å²) < 4.78 is 12.2. The molecule has 0 aliphatic heterocycles. The van der Waals surface area contributed by atoms with E-state index >= 15 is 0 Å². The van der Waals surface area contributed by atoms with Crippen LogP contribution in [-0.4, -0.2) is 31.3 Å². The summed E-state index contributed by atoms with van der Waals surface area (Å²) in [5.41, 5.74) is 1.02. The Labute approximate surface area is 130 Å². The number of nitrogens with zero attached hydrogens (tertiary/aromatic N) is 1. The first kappa shape index (κ1) is 16.0. The van der Waals surface area contributed by atoms with E-state index in [1.54, 1.807) is 11.3 Å².